The Bertz CT molecular complexity index is 597. The second-order valence-corrected chi connectivity index (χ2v) is 7.51. The van der Waals surface area contributed by atoms with Gasteiger partial charge in [-0.15, -0.1) is 0 Å². The lowest BCUT2D eigenvalue weighted by Gasteiger charge is -2.19. The lowest BCUT2D eigenvalue weighted by molar-refractivity contribution is 0.362. The average molecular weight is 260 g/mol. The smallest absolute Gasteiger partial charge is 0.196 e. The number of nitrogen functional groups attached to an aromatic ring is 1. The van der Waals surface area contributed by atoms with Crippen LogP contribution in [0.1, 0.15) is 53.0 Å². The van der Waals surface area contributed by atoms with Crippen LogP contribution >= 0.6 is 0 Å². The van der Waals surface area contributed by atoms with Gasteiger partial charge in [0.25, 0.3) is 0 Å². The van der Waals surface area contributed by atoms with Gasteiger partial charge in [0.2, 0.25) is 0 Å². The van der Waals surface area contributed by atoms with Crippen LogP contribution in [0, 0.1) is 5.41 Å². The highest BCUT2D eigenvalue weighted by atomic mass is 16.3. The summed E-state index contributed by atoms with van der Waals surface area (Å²) in [5.74, 6) is 0.764. The van der Waals surface area contributed by atoms with Crippen LogP contribution in [0.15, 0.2) is 16.5 Å². The van der Waals surface area contributed by atoms with Gasteiger partial charge in [-0.25, -0.2) is 4.98 Å². The van der Waals surface area contributed by atoms with Gasteiger partial charge in [-0.2, -0.15) is 0 Å². The van der Waals surface area contributed by atoms with E-state index in [0.717, 1.165) is 17.8 Å². The molecule has 0 spiro atoms. The Morgan fingerprint density at radius 1 is 1.11 bits per heavy atom. The van der Waals surface area contributed by atoms with Gasteiger partial charge >= 0.3 is 0 Å². The molecule has 1 heterocycles. The summed E-state index contributed by atoms with van der Waals surface area (Å²) in [6.07, 6.45) is 0.811. The summed E-state index contributed by atoms with van der Waals surface area (Å²) in [7, 11) is 0. The van der Waals surface area contributed by atoms with Gasteiger partial charge in [-0.1, -0.05) is 41.5 Å². The molecular weight excluding hydrogens is 236 g/mol. The number of fused-ring (bicyclic) bond motifs is 1. The number of oxazole rings is 1. The van der Waals surface area contributed by atoms with Gasteiger partial charge in [0.05, 0.1) is 5.69 Å². The minimum Gasteiger partial charge on any atom is -0.438 e. The fourth-order valence-electron chi connectivity index (χ4n) is 2.07. The summed E-state index contributed by atoms with van der Waals surface area (Å²) in [6, 6.07) is 4.08. The van der Waals surface area contributed by atoms with Crippen LogP contribution in [0.25, 0.3) is 11.1 Å². The standard InChI is InChI=1S/C16H24N2O/c1-15(2,3)9-13-18-12-8-10(16(4,5)6)7-11(17)14(12)19-13/h7-8H,9,17H2,1-6H3. The quantitative estimate of drug-likeness (QED) is 0.778. The predicted octanol–water partition coefficient (Wildman–Crippen LogP) is 4.30. The van der Waals surface area contributed by atoms with Crippen molar-refractivity contribution in [1.29, 1.82) is 0 Å². The summed E-state index contributed by atoms with van der Waals surface area (Å²) >= 11 is 0. The van der Waals surface area contributed by atoms with Gasteiger partial charge < -0.3 is 10.2 Å². The molecule has 1 aromatic heterocycles. The monoisotopic (exact) mass is 260 g/mol. The molecule has 0 fully saturated rings. The Kier molecular flexibility index (Phi) is 3.12. The fraction of sp³-hybridized carbons (Fsp3) is 0.562. The Morgan fingerprint density at radius 3 is 2.26 bits per heavy atom. The maximum atomic E-state index is 6.10. The first-order valence-electron chi connectivity index (χ1n) is 6.76. The van der Waals surface area contributed by atoms with Crippen molar-refractivity contribution in [3.63, 3.8) is 0 Å². The van der Waals surface area contributed by atoms with Gasteiger partial charge in [0.15, 0.2) is 11.5 Å². The Balaban J connectivity index is 2.51. The molecule has 0 unspecified atom stereocenters. The molecular formula is C16H24N2O. The summed E-state index contributed by atoms with van der Waals surface area (Å²) in [5.41, 5.74) is 9.76. The van der Waals surface area contributed by atoms with Gasteiger partial charge in [-0.05, 0) is 28.5 Å². The second-order valence-electron chi connectivity index (χ2n) is 7.51. The van der Waals surface area contributed by atoms with Crippen LogP contribution in [0.3, 0.4) is 0 Å². The number of anilines is 1. The molecule has 0 amide bonds. The molecule has 0 aliphatic heterocycles. The van der Waals surface area contributed by atoms with Crippen molar-refractivity contribution >= 4 is 16.8 Å². The SMILES string of the molecule is CC(C)(C)Cc1nc2cc(C(C)(C)C)cc(N)c2o1. The first kappa shape index (κ1) is 13.9. The molecule has 2 rings (SSSR count). The van der Waals surface area contributed by atoms with Crippen LogP contribution in [0.4, 0.5) is 5.69 Å². The summed E-state index contributed by atoms with van der Waals surface area (Å²) in [5, 5.41) is 0. The van der Waals surface area contributed by atoms with Crippen molar-refractivity contribution in [2.24, 2.45) is 5.41 Å². The lowest BCUT2D eigenvalue weighted by atomic mass is 9.86. The summed E-state index contributed by atoms with van der Waals surface area (Å²) < 4.78 is 5.81. The minimum atomic E-state index is 0.0610. The van der Waals surface area contributed by atoms with E-state index in [9.17, 15) is 0 Å². The lowest BCUT2D eigenvalue weighted by Crippen LogP contribution is -2.11. The number of nitrogens with zero attached hydrogens (tertiary/aromatic N) is 1. The molecule has 2 N–H and O–H groups in total. The van der Waals surface area contributed by atoms with Crippen LogP contribution in [0.2, 0.25) is 0 Å². The molecule has 2 aromatic rings. The van der Waals surface area contributed by atoms with E-state index in [2.05, 4.69) is 52.6 Å². The maximum Gasteiger partial charge on any atom is 0.196 e. The topological polar surface area (TPSA) is 52.0 Å². The number of benzene rings is 1. The van der Waals surface area contributed by atoms with Crippen LogP contribution in [0.5, 0.6) is 0 Å². The normalized spacial score (nSPS) is 13.2. The van der Waals surface area contributed by atoms with Crippen LogP contribution in [-0.2, 0) is 11.8 Å². The van der Waals surface area contributed by atoms with E-state index in [1.807, 2.05) is 6.07 Å². The number of hydrogen-bond donors (Lipinski definition) is 1. The van der Waals surface area contributed by atoms with Gasteiger partial charge in [0.1, 0.15) is 5.52 Å². The van der Waals surface area contributed by atoms with Crippen LogP contribution < -0.4 is 5.73 Å². The number of hydrogen-bond acceptors (Lipinski definition) is 3. The molecule has 0 radical (unpaired) electrons. The second kappa shape index (κ2) is 4.26. The van der Waals surface area contributed by atoms with E-state index in [0.29, 0.717) is 11.3 Å². The van der Waals surface area contributed by atoms with E-state index in [-0.39, 0.29) is 10.8 Å². The molecule has 0 bridgehead atoms. The predicted molar refractivity (Wildman–Crippen MR) is 80.3 cm³/mol. The van der Waals surface area contributed by atoms with Crippen LogP contribution in [-0.4, -0.2) is 4.98 Å². The third kappa shape index (κ3) is 3.09. The van der Waals surface area contributed by atoms with Crippen molar-refractivity contribution < 1.29 is 4.42 Å². The Labute approximate surface area is 115 Å². The van der Waals surface area contributed by atoms with Gasteiger partial charge in [-0.3, -0.25) is 0 Å². The molecule has 1 aromatic carbocycles. The van der Waals surface area contributed by atoms with Crippen molar-refractivity contribution in [2.45, 2.75) is 53.4 Å². The van der Waals surface area contributed by atoms with Crippen molar-refractivity contribution in [3.05, 3.63) is 23.6 Å². The molecule has 0 atom stereocenters. The van der Waals surface area contributed by atoms with Crippen molar-refractivity contribution in [3.8, 4) is 0 Å². The number of rotatable bonds is 1. The average Bonchev–Trinajstić information content (AvgIpc) is 2.56. The van der Waals surface area contributed by atoms with E-state index >= 15 is 0 Å². The summed E-state index contributed by atoms with van der Waals surface area (Å²) in [6.45, 7) is 13.0. The molecule has 104 valence electrons. The largest absolute Gasteiger partial charge is 0.438 e. The molecule has 19 heavy (non-hydrogen) atoms. The molecule has 0 saturated heterocycles. The zero-order chi connectivity index (χ0) is 14.4. The maximum absolute atomic E-state index is 6.10. The third-order valence-electron chi connectivity index (χ3n) is 3.11. The van der Waals surface area contributed by atoms with E-state index in [4.69, 9.17) is 10.2 Å². The van der Waals surface area contributed by atoms with Crippen molar-refractivity contribution in [2.75, 3.05) is 5.73 Å². The Hall–Kier alpha value is -1.51. The van der Waals surface area contributed by atoms with E-state index < -0.39 is 0 Å². The molecule has 0 saturated carbocycles. The van der Waals surface area contributed by atoms with E-state index in [1.165, 1.54) is 5.56 Å². The minimum absolute atomic E-state index is 0.0610. The zero-order valence-corrected chi connectivity index (χ0v) is 12.8. The molecule has 0 aliphatic carbocycles. The number of aromatic nitrogens is 1. The third-order valence-corrected chi connectivity index (χ3v) is 3.11. The fourth-order valence-corrected chi connectivity index (χ4v) is 2.07. The van der Waals surface area contributed by atoms with Crippen molar-refractivity contribution in [1.82, 2.24) is 4.98 Å². The highest BCUT2D eigenvalue weighted by molar-refractivity contribution is 5.86. The summed E-state index contributed by atoms with van der Waals surface area (Å²) in [4.78, 5) is 4.59. The molecule has 3 nitrogen and oxygen atoms in total. The molecule has 3 heteroatoms. The first-order valence-corrected chi connectivity index (χ1v) is 6.76. The first-order chi connectivity index (χ1) is 8.56. The highest BCUT2D eigenvalue weighted by Crippen LogP contribution is 2.32. The number of nitrogens with two attached hydrogens (primary N) is 1. The molecule has 0 aliphatic rings. The van der Waals surface area contributed by atoms with E-state index in [1.54, 1.807) is 0 Å². The zero-order valence-electron chi connectivity index (χ0n) is 12.8. The Morgan fingerprint density at radius 2 is 1.74 bits per heavy atom. The van der Waals surface area contributed by atoms with Gasteiger partial charge in [0, 0.05) is 6.42 Å². The highest BCUT2D eigenvalue weighted by Gasteiger charge is 2.20.